The number of aromatic nitrogens is 2. The Morgan fingerprint density at radius 3 is 2.12 bits per heavy atom. The predicted molar refractivity (Wildman–Crippen MR) is 63.9 cm³/mol. The van der Waals surface area contributed by atoms with Crippen molar-refractivity contribution in [1.29, 1.82) is 0 Å². The molecule has 2 aromatic rings. The lowest BCUT2D eigenvalue weighted by molar-refractivity contribution is -0.671. The number of hydrogen-bond acceptors (Lipinski definition) is 1. The third-order valence-corrected chi connectivity index (χ3v) is 2.73. The molecule has 0 saturated heterocycles. The average Bonchev–Trinajstić information content (AvgIpc) is 2.33. The van der Waals surface area contributed by atoms with E-state index < -0.39 is 0 Å². The fraction of sp³-hybridized carbons (Fsp3) is 0.286. The predicted octanol–water partition coefficient (Wildman–Crippen LogP) is 2.08. The lowest BCUT2D eigenvalue weighted by atomic mass is 10.1. The molecule has 0 aliphatic heterocycles. The van der Waals surface area contributed by atoms with Crippen LogP contribution in [0.5, 0.6) is 0 Å². The number of nitrogens with zero attached hydrogens (tertiary/aromatic N) is 2. The summed E-state index contributed by atoms with van der Waals surface area (Å²) < 4.78 is 2.06. The van der Waals surface area contributed by atoms with Gasteiger partial charge in [-0.2, -0.15) is 0 Å². The molecule has 2 heterocycles. The van der Waals surface area contributed by atoms with Gasteiger partial charge in [0.15, 0.2) is 12.4 Å². The summed E-state index contributed by atoms with van der Waals surface area (Å²) in [5, 5.41) is 0. The molecule has 2 rings (SSSR count). The molecule has 0 spiro atoms. The van der Waals surface area contributed by atoms with Gasteiger partial charge in [0.1, 0.15) is 7.05 Å². The van der Waals surface area contributed by atoms with Gasteiger partial charge in [0, 0.05) is 24.5 Å². The van der Waals surface area contributed by atoms with Crippen molar-refractivity contribution in [2.45, 2.75) is 19.3 Å². The topological polar surface area (TPSA) is 16.8 Å². The Labute approximate surface area is 96.6 Å². The van der Waals surface area contributed by atoms with E-state index in [2.05, 4.69) is 46.2 Å². The van der Waals surface area contributed by atoms with Crippen molar-refractivity contribution >= 4 is 0 Å². The van der Waals surface area contributed by atoms with E-state index in [9.17, 15) is 0 Å². The van der Waals surface area contributed by atoms with Crippen molar-refractivity contribution < 1.29 is 4.57 Å². The summed E-state index contributed by atoms with van der Waals surface area (Å²) >= 11 is 0. The van der Waals surface area contributed by atoms with Crippen LogP contribution in [0.3, 0.4) is 0 Å². The lowest BCUT2D eigenvalue weighted by Gasteiger charge is -2.01. The van der Waals surface area contributed by atoms with E-state index in [1.165, 1.54) is 17.5 Å². The SMILES string of the molecule is C[n+]1ccc(CCCc2ccncc2)cc1. The summed E-state index contributed by atoms with van der Waals surface area (Å²) in [4.78, 5) is 4.02. The molecule has 0 N–H and O–H groups in total. The summed E-state index contributed by atoms with van der Waals surface area (Å²) in [6.07, 6.45) is 11.4. The molecule has 0 aliphatic rings. The zero-order valence-corrected chi connectivity index (χ0v) is 9.63. The van der Waals surface area contributed by atoms with Gasteiger partial charge in [0.05, 0.1) is 0 Å². The fourth-order valence-electron chi connectivity index (χ4n) is 1.74. The first-order chi connectivity index (χ1) is 7.84. The van der Waals surface area contributed by atoms with Crippen LogP contribution in [-0.2, 0) is 19.9 Å². The Bertz CT molecular complexity index is 420. The first-order valence-corrected chi connectivity index (χ1v) is 5.68. The van der Waals surface area contributed by atoms with Crippen LogP contribution in [0.4, 0.5) is 0 Å². The molecule has 0 fully saturated rings. The van der Waals surface area contributed by atoms with Gasteiger partial charge in [-0.3, -0.25) is 4.98 Å². The Hall–Kier alpha value is -1.70. The van der Waals surface area contributed by atoms with E-state index >= 15 is 0 Å². The highest BCUT2D eigenvalue weighted by Crippen LogP contribution is 2.06. The van der Waals surface area contributed by atoms with Crippen LogP contribution in [-0.4, -0.2) is 4.98 Å². The van der Waals surface area contributed by atoms with Crippen molar-refractivity contribution in [2.75, 3.05) is 0 Å². The summed E-state index contributed by atoms with van der Waals surface area (Å²) in [7, 11) is 2.04. The van der Waals surface area contributed by atoms with Crippen LogP contribution in [0, 0.1) is 0 Å². The average molecular weight is 213 g/mol. The maximum atomic E-state index is 4.02. The molecule has 0 saturated carbocycles. The van der Waals surface area contributed by atoms with E-state index in [1.54, 1.807) is 0 Å². The largest absolute Gasteiger partial charge is 0.265 e. The normalized spacial score (nSPS) is 10.3. The summed E-state index contributed by atoms with van der Waals surface area (Å²) in [6, 6.07) is 8.55. The van der Waals surface area contributed by atoms with Crippen molar-refractivity contribution in [3.05, 3.63) is 60.2 Å². The van der Waals surface area contributed by atoms with E-state index in [0.717, 1.165) is 12.8 Å². The van der Waals surface area contributed by atoms with Gasteiger partial charge < -0.3 is 0 Å². The van der Waals surface area contributed by atoms with Crippen LogP contribution in [0.1, 0.15) is 17.5 Å². The number of pyridine rings is 2. The molecule has 0 atom stereocenters. The van der Waals surface area contributed by atoms with Gasteiger partial charge in [0.2, 0.25) is 0 Å². The van der Waals surface area contributed by atoms with Crippen LogP contribution >= 0.6 is 0 Å². The van der Waals surface area contributed by atoms with Crippen LogP contribution in [0.2, 0.25) is 0 Å². The molecule has 16 heavy (non-hydrogen) atoms. The van der Waals surface area contributed by atoms with Gasteiger partial charge in [0.25, 0.3) is 0 Å². The van der Waals surface area contributed by atoms with Crippen LogP contribution in [0.25, 0.3) is 0 Å². The highest BCUT2D eigenvalue weighted by atomic mass is 14.9. The fourth-order valence-corrected chi connectivity index (χ4v) is 1.74. The molecule has 2 aromatic heterocycles. The second-order valence-electron chi connectivity index (χ2n) is 4.08. The Morgan fingerprint density at radius 2 is 1.50 bits per heavy atom. The van der Waals surface area contributed by atoms with Crippen molar-refractivity contribution in [3.63, 3.8) is 0 Å². The van der Waals surface area contributed by atoms with E-state index in [-0.39, 0.29) is 0 Å². The summed E-state index contributed by atoms with van der Waals surface area (Å²) in [5.41, 5.74) is 2.78. The first-order valence-electron chi connectivity index (χ1n) is 5.68. The van der Waals surface area contributed by atoms with Crippen molar-refractivity contribution in [3.8, 4) is 0 Å². The van der Waals surface area contributed by atoms with E-state index in [1.807, 2.05) is 19.4 Å². The van der Waals surface area contributed by atoms with Crippen molar-refractivity contribution in [1.82, 2.24) is 4.98 Å². The maximum Gasteiger partial charge on any atom is 0.168 e. The Kier molecular flexibility index (Phi) is 3.65. The van der Waals surface area contributed by atoms with E-state index in [0.29, 0.717) is 0 Å². The Balaban J connectivity index is 1.82. The van der Waals surface area contributed by atoms with Crippen molar-refractivity contribution in [2.24, 2.45) is 7.05 Å². The zero-order valence-electron chi connectivity index (χ0n) is 9.63. The molecular formula is C14H17N2+. The number of rotatable bonds is 4. The molecule has 2 heteroatoms. The van der Waals surface area contributed by atoms with Gasteiger partial charge in [-0.15, -0.1) is 0 Å². The molecule has 2 nitrogen and oxygen atoms in total. The monoisotopic (exact) mass is 213 g/mol. The van der Waals surface area contributed by atoms with Gasteiger partial charge >= 0.3 is 0 Å². The minimum atomic E-state index is 1.13. The molecule has 0 bridgehead atoms. The minimum Gasteiger partial charge on any atom is -0.265 e. The third-order valence-electron chi connectivity index (χ3n) is 2.73. The summed E-state index contributed by atoms with van der Waals surface area (Å²) in [5.74, 6) is 0. The molecular weight excluding hydrogens is 196 g/mol. The molecule has 0 aliphatic carbocycles. The zero-order chi connectivity index (χ0) is 11.2. The number of aryl methyl sites for hydroxylation is 3. The van der Waals surface area contributed by atoms with Gasteiger partial charge in [-0.1, -0.05) is 0 Å². The third kappa shape index (κ3) is 3.16. The van der Waals surface area contributed by atoms with Crippen LogP contribution < -0.4 is 4.57 Å². The number of hydrogen-bond donors (Lipinski definition) is 0. The van der Waals surface area contributed by atoms with Crippen LogP contribution in [0.15, 0.2) is 49.1 Å². The first kappa shape index (κ1) is 10.8. The smallest absolute Gasteiger partial charge is 0.168 e. The molecule has 82 valence electrons. The minimum absolute atomic E-state index is 1.13. The molecule has 0 amide bonds. The highest BCUT2D eigenvalue weighted by molar-refractivity contribution is 5.11. The lowest BCUT2D eigenvalue weighted by Crippen LogP contribution is -2.25. The molecule has 0 radical (unpaired) electrons. The molecule has 0 aromatic carbocycles. The maximum absolute atomic E-state index is 4.02. The highest BCUT2D eigenvalue weighted by Gasteiger charge is 1.97. The Morgan fingerprint density at radius 1 is 0.938 bits per heavy atom. The van der Waals surface area contributed by atoms with E-state index in [4.69, 9.17) is 0 Å². The van der Waals surface area contributed by atoms with Gasteiger partial charge in [-0.25, -0.2) is 4.57 Å². The standard InChI is InChI=1S/C14H17N2/c1-16-11-7-14(8-12-16)4-2-3-13-5-9-15-10-6-13/h5-12H,2-4H2,1H3/q+1. The second-order valence-corrected chi connectivity index (χ2v) is 4.08. The summed E-state index contributed by atoms with van der Waals surface area (Å²) in [6.45, 7) is 0. The molecule has 0 unspecified atom stereocenters. The second kappa shape index (κ2) is 5.40. The van der Waals surface area contributed by atoms with Gasteiger partial charge in [-0.05, 0) is 42.5 Å². The quantitative estimate of drug-likeness (QED) is 0.711.